The number of halogens is 1. The van der Waals surface area contributed by atoms with E-state index in [4.69, 9.17) is 5.41 Å². The van der Waals surface area contributed by atoms with Crippen molar-refractivity contribution in [3.05, 3.63) is 10.4 Å². The molecular weight excluding hydrogens is 196 g/mol. The number of aromatic nitrogens is 2. The minimum absolute atomic E-state index is 0.446. The number of aliphatic imine (C=N–C) groups is 1. The smallest absolute Gasteiger partial charge is 0.179 e. The van der Waals surface area contributed by atoms with Crippen molar-refractivity contribution in [2.75, 3.05) is 0 Å². The van der Waals surface area contributed by atoms with Crippen LogP contribution in [-0.4, -0.2) is 22.9 Å². The van der Waals surface area contributed by atoms with Crippen molar-refractivity contribution in [3.8, 4) is 0 Å². The van der Waals surface area contributed by atoms with Crippen LogP contribution in [0.1, 0.15) is 5.69 Å². The summed E-state index contributed by atoms with van der Waals surface area (Å²) in [6, 6.07) is 0. The van der Waals surface area contributed by atoms with Crippen LogP contribution in [0.25, 0.3) is 0 Å². The fourth-order valence-electron chi connectivity index (χ4n) is 0.569. The van der Waals surface area contributed by atoms with Gasteiger partial charge < -0.3 is 10.4 Å². The number of hydrogen-bond acceptors (Lipinski definition) is 3. The van der Waals surface area contributed by atoms with Crippen LogP contribution in [0.5, 0.6) is 0 Å². The third kappa shape index (κ3) is 1.13. The minimum atomic E-state index is 0.446. The number of imidazole rings is 1. The van der Waals surface area contributed by atoms with Gasteiger partial charge in [-0.3, -0.25) is 0 Å². The number of hydrogen-bond donors (Lipinski definition) is 2. The fourth-order valence-corrected chi connectivity index (χ4v) is 0.951. The topological polar surface area (TPSA) is 64.9 Å². The van der Waals surface area contributed by atoms with Crippen LogP contribution in [0.2, 0.25) is 0 Å². The quantitative estimate of drug-likeness (QED) is 0.699. The molecule has 4 nitrogen and oxygen atoms in total. The lowest BCUT2D eigenvalue weighted by Gasteiger charge is -1.82. The summed E-state index contributed by atoms with van der Waals surface area (Å²) in [6.45, 7) is 3.30. The fraction of sp³-hybridized carbons (Fsp3) is 0. The molecule has 1 aromatic heterocycles. The zero-order chi connectivity index (χ0) is 7.56. The summed E-state index contributed by atoms with van der Waals surface area (Å²) in [5.41, 5.74) is 0.557. The Morgan fingerprint density at radius 3 is 2.90 bits per heavy atom. The summed E-state index contributed by atoms with van der Waals surface area (Å²) >= 11 is 3.11. The largest absolute Gasteiger partial charge is 0.330 e. The number of rotatable bonds is 2. The van der Waals surface area contributed by atoms with Gasteiger partial charge in [0.15, 0.2) is 10.6 Å². The van der Waals surface area contributed by atoms with Gasteiger partial charge >= 0.3 is 0 Å². The van der Waals surface area contributed by atoms with E-state index in [0.717, 1.165) is 6.21 Å². The van der Waals surface area contributed by atoms with E-state index >= 15 is 0 Å². The molecule has 1 rings (SSSR count). The van der Waals surface area contributed by atoms with Gasteiger partial charge in [-0.05, 0) is 22.6 Å². The Morgan fingerprint density at radius 2 is 2.50 bits per heavy atom. The number of nitrogens with zero attached hydrogens (tertiary/aromatic N) is 2. The van der Waals surface area contributed by atoms with Crippen LogP contribution in [0.4, 0.5) is 5.82 Å². The van der Waals surface area contributed by atoms with Crippen molar-refractivity contribution in [2.24, 2.45) is 4.99 Å². The number of H-pyrrole nitrogens is 1. The molecule has 0 bridgehead atoms. The third-order valence-corrected chi connectivity index (χ3v) is 1.35. The second kappa shape index (κ2) is 2.74. The molecule has 0 atom stereocenters. The highest BCUT2D eigenvalue weighted by Gasteiger charge is 2.02. The summed E-state index contributed by atoms with van der Waals surface area (Å²) < 4.78 is 0.563. The molecule has 5 heteroatoms. The first kappa shape index (κ1) is 7.14. The van der Waals surface area contributed by atoms with Gasteiger partial charge in [0.25, 0.3) is 0 Å². The van der Waals surface area contributed by atoms with Crippen LogP contribution in [-0.2, 0) is 0 Å². The third-order valence-electron chi connectivity index (χ3n) is 0.977. The molecule has 0 unspecified atom stereocenters. The molecule has 0 aromatic carbocycles. The first-order valence-electron chi connectivity index (χ1n) is 2.50. The molecule has 1 aromatic rings. The summed E-state index contributed by atoms with van der Waals surface area (Å²) in [7, 11) is 0. The number of nitrogens with one attached hydrogen (secondary N) is 2. The van der Waals surface area contributed by atoms with Gasteiger partial charge in [-0.1, -0.05) is 0 Å². The van der Waals surface area contributed by atoms with E-state index < -0.39 is 0 Å². The van der Waals surface area contributed by atoms with Gasteiger partial charge in [-0.2, -0.15) is 0 Å². The second-order valence-corrected chi connectivity index (χ2v) is 2.32. The van der Waals surface area contributed by atoms with E-state index in [9.17, 15) is 0 Å². The van der Waals surface area contributed by atoms with E-state index in [1.807, 2.05) is 0 Å². The Hall–Kier alpha value is -0.970. The highest BCUT2D eigenvalue weighted by atomic mass is 79.9. The summed E-state index contributed by atoms with van der Waals surface area (Å²) in [5, 5.41) is 6.90. The van der Waals surface area contributed by atoms with Crippen LogP contribution < -0.4 is 0 Å². The van der Waals surface area contributed by atoms with Crippen molar-refractivity contribution < 1.29 is 0 Å². The van der Waals surface area contributed by atoms with E-state index in [2.05, 4.69) is 37.6 Å². The molecule has 0 spiro atoms. The zero-order valence-corrected chi connectivity index (χ0v) is 6.64. The van der Waals surface area contributed by atoms with Crippen molar-refractivity contribution in [2.45, 2.75) is 0 Å². The maximum Gasteiger partial charge on any atom is 0.179 e. The van der Waals surface area contributed by atoms with Crippen LogP contribution in [0, 0.1) is 5.41 Å². The molecule has 10 heavy (non-hydrogen) atoms. The summed E-state index contributed by atoms with van der Waals surface area (Å²) in [4.78, 5) is 10.2. The summed E-state index contributed by atoms with van der Waals surface area (Å²) in [6.07, 6.45) is 1.14. The normalized spacial score (nSPS) is 9.30. The lowest BCUT2D eigenvalue weighted by Crippen LogP contribution is -1.77. The van der Waals surface area contributed by atoms with Gasteiger partial charge in [0.05, 0.1) is 0 Å². The molecule has 1 heterocycles. The molecular formula is C5H5BrN4. The van der Waals surface area contributed by atoms with E-state index in [-0.39, 0.29) is 0 Å². The van der Waals surface area contributed by atoms with E-state index in [1.54, 1.807) is 0 Å². The SMILES string of the molecule is C=Nc1nc(Br)[nH]c1C=N. The highest BCUT2D eigenvalue weighted by molar-refractivity contribution is 9.10. The van der Waals surface area contributed by atoms with E-state index in [0.29, 0.717) is 16.2 Å². The molecule has 0 aliphatic carbocycles. The monoisotopic (exact) mass is 200 g/mol. The maximum absolute atomic E-state index is 6.90. The molecule has 0 saturated carbocycles. The average molecular weight is 201 g/mol. The van der Waals surface area contributed by atoms with Gasteiger partial charge in [-0.25, -0.2) is 9.98 Å². The molecule has 2 N–H and O–H groups in total. The molecule has 0 fully saturated rings. The van der Waals surface area contributed by atoms with Crippen LogP contribution in [0.15, 0.2) is 9.73 Å². The van der Waals surface area contributed by atoms with Crippen LogP contribution >= 0.6 is 15.9 Å². The average Bonchev–Trinajstić information content (AvgIpc) is 2.30. The van der Waals surface area contributed by atoms with Gasteiger partial charge in [-0.15, -0.1) is 0 Å². The lowest BCUT2D eigenvalue weighted by atomic mass is 10.5. The molecule has 52 valence electrons. The Morgan fingerprint density at radius 1 is 1.80 bits per heavy atom. The predicted molar refractivity (Wildman–Crippen MR) is 43.4 cm³/mol. The molecule has 0 saturated heterocycles. The highest BCUT2D eigenvalue weighted by Crippen LogP contribution is 2.15. The molecule has 0 radical (unpaired) electrons. The van der Waals surface area contributed by atoms with Crippen LogP contribution in [0.3, 0.4) is 0 Å². The first-order valence-corrected chi connectivity index (χ1v) is 3.30. The minimum Gasteiger partial charge on any atom is -0.330 e. The zero-order valence-electron chi connectivity index (χ0n) is 5.06. The molecule has 0 amide bonds. The molecule has 0 aliphatic heterocycles. The Labute approximate surface area is 66.0 Å². The first-order chi connectivity index (χ1) is 4.77. The van der Waals surface area contributed by atoms with Crippen molar-refractivity contribution >= 4 is 34.7 Å². The predicted octanol–water partition coefficient (Wildman–Crippen LogP) is 1.50. The second-order valence-electron chi connectivity index (χ2n) is 1.57. The maximum atomic E-state index is 6.90. The van der Waals surface area contributed by atoms with Crippen molar-refractivity contribution in [1.82, 2.24) is 9.97 Å². The Bertz CT molecular complexity index is 239. The Kier molecular flexibility index (Phi) is 1.96. The summed E-state index contributed by atoms with van der Waals surface area (Å²) in [5.74, 6) is 0.446. The van der Waals surface area contributed by atoms with Crippen molar-refractivity contribution in [3.63, 3.8) is 0 Å². The van der Waals surface area contributed by atoms with E-state index in [1.165, 1.54) is 0 Å². The van der Waals surface area contributed by atoms with Gasteiger partial charge in [0.2, 0.25) is 0 Å². The Balaban J connectivity index is 3.20. The van der Waals surface area contributed by atoms with Gasteiger partial charge in [0.1, 0.15) is 5.69 Å². The standard InChI is InChI=1S/C5H5BrN4/c1-8-4-3(2-7)9-5(6)10-4/h2,7H,1H2,(H,9,10). The van der Waals surface area contributed by atoms with Gasteiger partial charge in [0, 0.05) is 6.21 Å². The lowest BCUT2D eigenvalue weighted by molar-refractivity contribution is 1.23. The number of aromatic amines is 1. The molecule has 0 aliphatic rings. The van der Waals surface area contributed by atoms with Crippen molar-refractivity contribution in [1.29, 1.82) is 5.41 Å².